The van der Waals surface area contributed by atoms with Crippen LogP contribution in [0, 0.1) is 39.9 Å². The largest absolute Gasteiger partial charge is 0.497 e. The highest BCUT2D eigenvalue weighted by Gasteiger charge is 2.77. The minimum Gasteiger partial charge on any atom is -0.497 e. The molecule has 6 nitrogen and oxygen atoms in total. The molecule has 40 heavy (non-hydrogen) atoms. The Kier molecular flexibility index (Phi) is 7.10. The second-order valence-corrected chi connectivity index (χ2v) is 12.9. The molecule has 6 rings (SSSR count). The minimum atomic E-state index is -1.94. The molecule has 9 atom stereocenters. The van der Waals surface area contributed by atoms with Gasteiger partial charge in [0.1, 0.15) is 12.4 Å². The van der Waals surface area contributed by atoms with E-state index in [1.807, 2.05) is 52.0 Å². The molecule has 5 aliphatic rings. The van der Waals surface area contributed by atoms with Gasteiger partial charge in [-0.05, 0) is 73.6 Å². The van der Waals surface area contributed by atoms with Crippen LogP contribution in [0.2, 0.25) is 0 Å². The number of hydrogen-bond acceptors (Lipinski definition) is 6. The van der Waals surface area contributed by atoms with Crippen molar-refractivity contribution in [2.24, 2.45) is 39.9 Å². The van der Waals surface area contributed by atoms with Crippen LogP contribution in [0.15, 0.2) is 48.1 Å². The number of hydrogen-bond donors (Lipinski definition) is 2. The van der Waals surface area contributed by atoms with Gasteiger partial charge in [0.25, 0.3) is 0 Å². The SMILES string of the molecule is CC.COc1cccc(N2C[C@@H]3CC4[C@@H]5C[C@H](C)C6=CC(=O)C=C[C@]6(C)[C@@]5(F)[C@@H](O)C[C@]4(C)[C@]3(C(=O)CO)C2)c1. The number of nitrogens with zero attached hydrogens (tertiary/aromatic N) is 1. The molecule has 0 bridgehead atoms. The van der Waals surface area contributed by atoms with Crippen LogP contribution in [0.4, 0.5) is 10.1 Å². The van der Waals surface area contributed by atoms with Gasteiger partial charge in [-0.1, -0.05) is 45.4 Å². The highest BCUT2D eigenvalue weighted by Crippen LogP contribution is 2.74. The summed E-state index contributed by atoms with van der Waals surface area (Å²) in [6.07, 6.45) is 4.69. The molecule has 1 aromatic rings. The van der Waals surface area contributed by atoms with Gasteiger partial charge in [-0.15, -0.1) is 0 Å². The summed E-state index contributed by atoms with van der Waals surface area (Å²) in [7, 11) is 1.62. The third-order valence-corrected chi connectivity index (χ3v) is 11.6. The van der Waals surface area contributed by atoms with Gasteiger partial charge in [-0.25, -0.2) is 4.39 Å². The van der Waals surface area contributed by atoms with Crippen molar-refractivity contribution in [2.45, 2.75) is 65.7 Å². The molecule has 3 saturated carbocycles. The van der Waals surface area contributed by atoms with E-state index in [9.17, 15) is 19.8 Å². The van der Waals surface area contributed by atoms with Crippen LogP contribution in [0.25, 0.3) is 0 Å². The number of halogens is 1. The van der Waals surface area contributed by atoms with E-state index in [0.717, 1.165) is 17.0 Å². The van der Waals surface area contributed by atoms with E-state index in [1.165, 1.54) is 6.08 Å². The number of Topliss-reactive ketones (excluding diaryl/α,β-unsaturated/α-hetero) is 1. The van der Waals surface area contributed by atoms with Crippen LogP contribution in [0.5, 0.6) is 5.75 Å². The lowest BCUT2D eigenvalue weighted by Gasteiger charge is -2.64. The quantitative estimate of drug-likeness (QED) is 0.550. The zero-order valence-electron chi connectivity index (χ0n) is 24.6. The molecule has 0 spiro atoms. The van der Waals surface area contributed by atoms with E-state index in [-0.39, 0.29) is 35.7 Å². The number of fused-ring (bicyclic) bond motifs is 7. The Balaban J connectivity index is 0.00000158. The molecule has 2 N–H and O–H groups in total. The fourth-order valence-electron chi connectivity index (χ4n) is 9.82. The number of ketones is 2. The molecule has 218 valence electrons. The van der Waals surface area contributed by atoms with E-state index < -0.39 is 40.5 Å². The Morgan fingerprint density at radius 1 is 1.20 bits per heavy atom. The van der Waals surface area contributed by atoms with Gasteiger partial charge in [0, 0.05) is 36.2 Å². The molecule has 4 fully saturated rings. The van der Waals surface area contributed by atoms with Crippen molar-refractivity contribution in [3.63, 3.8) is 0 Å². The average Bonchev–Trinajstić information content (AvgIpc) is 3.45. The van der Waals surface area contributed by atoms with Crippen LogP contribution in [0.3, 0.4) is 0 Å². The number of carbonyl (C=O) groups is 2. The Hall–Kier alpha value is -2.51. The summed E-state index contributed by atoms with van der Waals surface area (Å²) in [5.41, 5.74) is -2.89. The van der Waals surface area contributed by atoms with Crippen molar-refractivity contribution in [3.05, 3.63) is 48.1 Å². The number of aliphatic hydroxyl groups is 2. The monoisotopic (exact) mass is 553 g/mol. The molecule has 7 heteroatoms. The fourth-order valence-corrected chi connectivity index (χ4v) is 9.82. The fraction of sp³-hybridized carbons (Fsp3) is 0.636. The summed E-state index contributed by atoms with van der Waals surface area (Å²) in [4.78, 5) is 28.2. The number of carbonyl (C=O) groups excluding carboxylic acids is 2. The maximum atomic E-state index is 17.6. The molecular formula is C33H44FNO5. The van der Waals surface area contributed by atoms with Crippen LogP contribution < -0.4 is 9.64 Å². The predicted molar refractivity (Wildman–Crippen MR) is 153 cm³/mol. The lowest BCUT2D eigenvalue weighted by atomic mass is 9.42. The summed E-state index contributed by atoms with van der Waals surface area (Å²) in [5.74, 6) is -0.302. The molecule has 0 amide bonds. The number of rotatable bonds is 4. The lowest BCUT2D eigenvalue weighted by molar-refractivity contribution is -0.209. The Morgan fingerprint density at radius 3 is 2.60 bits per heavy atom. The van der Waals surface area contributed by atoms with Crippen LogP contribution in [-0.2, 0) is 9.59 Å². The topological polar surface area (TPSA) is 87.1 Å². The number of aliphatic hydroxyl groups excluding tert-OH is 2. The molecule has 1 unspecified atom stereocenters. The van der Waals surface area contributed by atoms with Crippen LogP contribution in [-0.4, -0.2) is 60.4 Å². The standard InChI is InChI=1S/C31H38FNO5.C2H6/c1-18-10-25-24-11-19-15-33(20-6-5-7-22(12-20)38-4)17-30(19,27(37)16-34)29(24,3)14-26(36)31(25,32)28(2)9-8-21(35)13-23(18)28;1-2/h5-9,12-13,18-19,24-26,34,36H,10-11,14-17H2,1-4H3;1-2H3/t18-,19-,24?,25-,26-,28-,29-,30+,31-;/m0./s1. The van der Waals surface area contributed by atoms with Crippen molar-refractivity contribution in [3.8, 4) is 5.75 Å². The maximum Gasteiger partial charge on any atom is 0.178 e. The number of allylic oxidation sites excluding steroid dienone is 4. The Labute approximate surface area is 237 Å². The Bertz CT molecular complexity index is 1260. The zero-order chi connectivity index (χ0) is 29.3. The van der Waals surface area contributed by atoms with E-state index in [4.69, 9.17) is 4.74 Å². The predicted octanol–water partition coefficient (Wildman–Crippen LogP) is 4.93. The van der Waals surface area contributed by atoms with E-state index in [0.29, 0.717) is 25.9 Å². The summed E-state index contributed by atoms with van der Waals surface area (Å²) in [6.45, 7) is 10.4. The van der Waals surface area contributed by atoms with Crippen molar-refractivity contribution >= 4 is 17.3 Å². The third kappa shape index (κ3) is 3.52. The molecule has 1 heterocycles. The number of alkyl halides is 1. The molecular weight excluding hydrogens is 509 g/mol. The summed E-state index contributed by atoms with van der Waals surface area (Å²) >= 11 is 0. The van der Waals surface area contributed by atoms with Crippen molar-refractivity contribution in [1.82, 2.24) is 0 Å². The molecule has 1 aliphatic heterocycles. The van der Waals surface area contributed by atoms with Crippen molar-refractivity contribution in [1.29, 1.82) is 0 Å². The lowest BCUT2D eigenvalue weighted by Crippen LogP contribution is -2.69. The van der Waals surface area contributed by atoms with Crippen molar-refractivity contribution < 1.29 is 28.9 Å². The first-order chi connectivity index (χ1) is 19.0. The Morgan fingerprint density at radius 2 is 1.93 bits per heavy atom. The maximum absolute atomic E-state index is 17.6. The summed E-state index contributed by atoms with van der Waals surface area (Å²) < 4.78 is 23.1. The molecule has 0 radical (unpaired) electrons. The van der Waals surface area contributed by atoms with Gasteiger partial charge in [0.05, 0.1) is 18.6 Å². The number of benzene rings is 1. The van der Waals surface area contributed by atoms with Crippen molar-refractivity contribution in [2.75, 3.05) is 31.7 Å². The third-order valence-electron chi connectivity index (χ3n) is 11.6. The van der Waals surface area contributed by atoms with Crippen LogP contribution in [0.1, 0.15) is 53.9 Å². The summed E-state index contributed by atoms with van der Waals surface area (Å²) in [5, 5.41) is 22.0. The van der Waals surface area contributed by atoms with E-state index >= 15 is 4.39 Å². The van der Waals surface area contributed by atoms with E-state index in [2.05, 4.69) is 11.8 Å². The molecule has 4 aliphatic carbocycles. The van der Waals surface area contributed by atoms with Crippen LogP contribution >= 0.6 is 0 Å². The first-order valence-electron chi connectivity index (χ1n) is 14.8. The van der Waals surface area contributed by atoms with Gasteiger partial charge < -0.3 is 19.8 Å². The highest BCUT2D eigenvalue weighted by molar-refractivity contribution is 6.01. The number of anilines is 1. The first-order valence-corrected chi connectivity index (χ1v) is 14.8. The van der Waals surface area contributed by atoms with Gasteiger partial charge in [0.15, 0.2) is 17.2 Å². The highest BCUT2D eigenvalue weighted by atomic mass is 19.1. The number of methoxy groups -OCH3 is 1. The second-order valence-electron chi connectivity index (χ2n) is 12.9. The normalized spacial score (nSPS) is 43.0. The van der Waals surface area contributed by atoms with Gasteiger partial charge in [-0.2, -0.15) is 0 Å². The smallest absolute Gasteiger partial charge is 0.178 e. The average molecular weight is 554 g/mol. The molecule has 1 saturated heterocycles. The van der Waals surface area contributed by atoms with Gasteiger partial charge in [0.2, 0.25) is 0 Å². The first kappa shape index (κ1) is 29.0. The molecule has 0 aromatic heterocycles. The molecule has 1 aromatic carbocycles. The summed E-state index contributed by atoms with van der Waals surface area (Å²) in [6, 6.07) is 7.75. The number of ether oxygens (including phenoxy) is 1. The van der Waals surface area contributed by atoms with Gasteiger partial charge in [-0.3, -0.25) is 9.59 Å². The van der Waals surface area contributed by atoms with E-state index in [1.54, 1.807) is 19.3 Å². The van der Waals surface area contributed by atoms with Gasteiger partial charge >= 0.3 is 0 Å². The minimum absolute atomic E-state index is 0.0180. The second kappa shape index (κ2) is 9.80. The zero-order valence-corrected chi connectivity index (χ0v) is 24.6.